The van der Waals surface area contributed by atoms with E-state index in [0.717, 1.165) is 32.1 Å². The lowest BCUT2D eigenvalue weighted by Crippen LogP contribution is -1.85. The molecule has 4 nitrogen and oxygen atoms in total. The van der Waals surface area contributed by atoms with Crippen LogP contribution in [0.5, 0.6) is 0 Å². The Morgan fingerprint density at radius 1 is 0.789 bits per heavy atom. The third-order valence-corrected chi connectivity index (χ3v) is 2.22. The Hall–Kier alpha value is -1.58. The van der Waals surface area contributed by atoms with Crippen LogP contribution in [0.3, 0.4) is 0 Å². The molecule has 0 saturated heterocycles. The van der Waals surface area contributed by atoms with Gasteiger partial charge in [0.05, 0.1) is 0 Å². The minimum atomic E-state index is -0.855. The van der Waals surface area contributed by atoms with E-state index < -0.39 is 11.9 Å². The molecule has 0 aliphatic heterocycles. The van der Waals surface area contributed by atoms with Crippen molar-refractivity contribution in [3.63, 3.8) is 0 Å². The minimum Gasteiger partial charge on any atom is -0.478 e. The molecule has 2 N–H and O–H groups in total. The molecular formula is C15H26O4. The van der Waals surface area contributed by atoms with Gasteiger partial charge in [-0.3, -0.25) is 0 Å². The van der Waals surface area contributed by atoms with E-state index in [1.807, 2.05) is 0 Å². The predicted molar refractivity (Wildman–Crippen MR) is 77.2 cm³/mol. The molecule has 19 heavy (non-hydrogen) atoms. The lowest BCUT2D eigenvalue weighted by molar-refractivity contribution is -0.132. The van der Waals surface area contributed by atoms with Gasteiger partial charge in [0, 0.05) is 12.2 Å². The summed E-state index contributed by atoms with van der Waals surface area (Å²) in [5, 5.41) is 16.3. The van der Waals surface area contributed by atoms with Crippen molar-refractivity contribution in [3.05, 3.63) is 24.3 Å². The highest BCUT2D eigenvalue weighted by atomic mass is 16.4. The lowest BCUT2D eigenvalue weighted by Gasteiger charge is -1.89. The van der Waals surface area contributed by atoms with Gasteiger partial charge in [-0.25, -0.2) is 9.59 Å². The summed E-state index contributed by atoms with van der Waals surface area (Å²) in [5.74, 6) is -1.71. The van der Waals surface area contributed by atoms with Crippen LogP contribution in [0.15, 0.2) is 24.3 Å². The van der Waals surface area contributed by atoms with Crippen molar-refractivity contribution in [2.24, 2.45) is 0 Å². The number of unbranched alkanes of at least 4 members (excludes halogenated alkanes) is 5. The molecule has 0 heterocycles. The summed E-state index contributed by atoms with van der Waals surface area (Å²) in [5.41, 5.74) is 0. The normalized spacial score (nSPS) is 10.4. The van der Waals surface area contributed by atoms with Crippen LogP contribution >= 0.6 is 0 Å². The van der Waals surface area contributed by atoms with E-state index in [0.29, 0.717) is 0 Å². The van der Waals surface area contributed by atoms with Crippen molar-refractivity contribution in [2.45, 2.75) is 58.8 Å². The third kappa shape index (κ3) is 26.2. The second kappa shape index (κ2) is 16.4. The molecule has 0 radical (unpaired) electrons. The maximum atomic E-state index is 9.95. The largest absolute Gasteiger partial charge is 0.478 e. The maximum Gasteiger partial charge on any atom is 0.327 e. The van der Waals surface area contributed by atoms with E-state index in [9.17, 15) is 9.59 Å². The Kier molecular flexibility index (Phi) is 17.1. The number of hydrogen-bond acceptors (Lipinski definition) is 2. The van der Waals surface area contributed by atoms with Crippen molar-refractivity contribution in [2.75, 3.05) is 0 Å². The van der Waals surface area contributed by atoms with Gasteiger partial charge in [0.1, 0.15) is 0 Å². The zero-order valence-corrected chi connectivity index (χ0v) is 12.0. The summed E-state index contributed by atoms with van der Waals surface area (Å²) < 4.78 is 0. The highest BCUT2D eigenvalue weighted by Gasteiger charge is 1.85. The average Bonchev–Trinajstić information content (AvgIpc) is 2.35. The van der Waals surface area contributed by atoms with E-state index in [-0.39, 0.29) is 0 Å². The van der Waals surface area contributed by atoms with Crippen LogP contribution in [0, 0.1) is 0 Å². The molecule has 0 saturated carbocycles. The third-order valence-electron chi connectivity index (χ3n) is 2.22. The van der Waals surface area contributed by atoms with Gasteiger partial charge in [0.2, 0.25) is 0 Å². The van der Waals surface area contributed by atoms with E-state index in [1.165, 1.54) is 25.0 Å². The number of rotatable bonds is 9. The molecule has 4 heteroatoms. The van der Waals surface area contributed by atoms with Gasteiger partial charge in [-0.2, -0.15) is 0 Å². The zero-order chi connectivity index (χ0) is 14.9. The highest BCUT2D eigenvalue weighted by Crippen LogP contribution is 1.98. The van der Waals surface area contributed by atoms with E-state index in [1.54, 1.807) is 12.2 Å². The topological polar surface area (TPSA) is 74.6 Å². The second-order valence-corrected chi connectivity index (χ2v) is 4.12. The Morgan fingerprint density at radius 3 is 1.58 bits per heavy atom. The van der Waals surface area contributed by atoms with Gasteiger partial charge in [-0.15, -0.1) is 0 Å². The number of hydrogen-bond donors (Lipinski definition) is 2. The van der Waals surface area contributed by atoms with Crippen LogP contribution in [0.2, 0.25) is 0 Å². The molecule has 0 aromatic rings. The van der Waals surface area contributed by atoms with Crippen LogP contribution in [-0.2, 0) is 9.59 Å². The highest BCUT2D eigenvalue weighted by molar-refractivity contribution is 5.79. The van der Waals surface area contributed by atoms with Crippen molar-refractivity contribution >= 4 is 11.9 Å². The SMILES string of the molecule is CCCCC=CC(=O)O.CCCCCC=CC(=O)O. The van der Waals surface area contributed by atoms with Crippen molar-refractivity contribution in [1.29, 1.82) is 0 Å². The number of aliphatic carboxylic acids is 2. The molecule has 0 aromatic heterocycles. The summed E-state index contributed by atoms with van der Waals surface area (Å²) in [4.78, 5) is 19.8. The van der Waals surface area contributed by atoms with Crippen LogP contribution in [0.4, 0.5) is 0 Å². The zero-order valence-electron chi connectivity index (χ0n) is 12.0. The standard InChI is InChI=1S/C8H14O2.C7H12O2/c1-2-3-4-5-6-7-8(9)10;1-2-3-4-5-6-7(8)9/h6-7H,2-5H2,1H3,(H,9,10);5-6H,2-4H2,1H3,(H,8,9). The van der Waals surface area contributed by atoms with Crippen molar-refractivity contribution in [3.8, 4) is 0 Å². The van der Waals surface area contributed by atoms with Gasteiger partial charge < -0.3 is 10.2 Å². The van der Waals surface area contributed by atoms with E-state index in [2.05, 4.69) is 13.8 Å². The summed E-state index contributed by atoms with van der Waals surface area (Å²) in [6, 6.07) is 0. The fourth-order valence-corrected chi connectivity index (χ4v) is 1.20. The number of carboxylic acids is 2. The summed E-state index contributed by atoms with van der Waals surface area (Å²) in [7, 11) is 0. The van der Waals surface area contributed by atoms with Crippen molar-refractivity contribution < 1.29 is 19.8 Å². The number of allylic oxidation sites excluding steroid dienone is 2. The second-order valence-electron chi connectivity index (χ2n) is 4.12. The van der Waals surface area contributed by atoms with E-state index >= 15 is 0 Å². The first-order valence-electron chi connectivity index (χ1n) is 6.83. The fraction of sp³-hybridized carbons (Fsp3) is 0.600. The first-order valence-corrected chi connectivity index (χ1v) is 6.83. The van der Waals surface area contributed by atoms with Gasteiger partial charge in [-0.1, -0.05) is 51.7 Å². The molecule has 0 unspecified atom stereocenters. The van der Waals surface area contributed by atoms with Gasteiger partial charge in [-0.05, 0) is 19.3 Å². The summed E-state index contributed by atoms with van der Waals surface area (Å²) in [6.45, 7) is 4.20. The number of carboxylic acid groups (broad SMARTS) is 2. The molecule has 0 aromatic carbocycles. The quantitative estimate of drug-likeness (QED) is 0.490. The smallest absolute Gasteiger partial charge is 0.327 e. The minimum absolute atomic E-state index is 0.850. The van der Waals surface area contributed by atoms with Crippen LogP contribution in [0.1, 0.15) is 58.8 Å². The van der Waals surface area contributed by atoms with Crippen LogP contribution < -0.4 is 0 Å². The number of carbonyl (C=O) groups is 2. The first-order chi connectivity index (χ1) is 9.04. The molecule has 0 rings (SSSR count). The molecule has 0 amide bonds. The predicted octanol–water partition coefficient (Wildman–Crippen LogP) is 4.02. The van der Waals surface area contributed by atoms with Gasteiger partial charge >= 0.3 is 11.9 Å². The van der Waals surface area contributed by atoms with Crippen LogP contribution in [0.25, 0.3) is 0 Å². The molecular weight excluding hydrogens is 244 g/mol. The van der Waals surface area contributed by atoms with Crippen LogP contribution in [-0.4, -0.2) is 22.2 Å². The molecule has 0 atom stereocenters. The van der Waals surface area contributed by atoms with Gasteiger partial charge in [0.15, 0.2) is 0 Å². The summed E-state index contributed by atoms with van der Waals surface area (Å²) >= 11 is 0. The first kappa shape index (κ1) is 19.8. The molecule has 0 bridgehead atoms. The van der Waals surface area contributed by atoms with E-state index in [4.69, 9.17) is 10.2 Å². The molecule has 0 fully saturated rings. The Morgan fingerprint density at radius 2 is 1.21 bits per heavy atom. The monoisotopic (exact) mass is 270 g/mol. The Bertz CT molecular complexity index is 280. The Labute approximate surface area is 115 Å². The van der Waals surface area contributed by atoms with Crippen molar-refractivity contribution in [1.82, 2.24) is 0 Å². The maximum absolute atomic E-state index is 9.95. The fourth-order valence-electron chi connectivity index (χ4n) is 1.20. The molecule has 0 spiro atoms. The average molecular weight is 270 g/mol. The molecule has 0 aliphatic rings. The Balaban J connectivity index is 0. The van der Waals surface area contributed by atoms with Gasteiger partial charge in [0.25, 0.3) is 0 Å². The molecule has 110 valence electrons. The molecule has 0 aliphatic carbocycles. The lowest BCUT2D eigenvalue weighted by atomic mass is 10.2. The summed E-state index contributed by atoms with van der Waals surface area (Å²) in [6.07, 6.45) is 13.2.